The predicted molar refractivity (Wildman–Crippen MR) is 92.1 cm³/mol. The Balaban J connectivity index is 1.73. The normalized spacial score (nSPS) is 16.6. The van der Waals surface area contributed by atoms with E-state index in [-0.39, 0.29) is 29.7 Å². The van der Waals surface area contributed by atoms with E-state index in [0.29, 0.717) is 24.2 Å². The molecule has 0 spiro atoms. The summed E-state index contributed by atoms with van der Waals surface area (Å²) in [6, 6.07) is 7.95. The molecule has 0 bridgehead atoms. The number of nitrogens with zero attached hydrogens (tertiary/aromatic N) is 2. The molecule has 1 amide bonds. The maximum absolute atomic E-state index is 13.0. The first-order valence-corrected chi connectivity index (χ1v) is 9.91. The van der Waals surface area contributed by atoms with Gasteiger partial charge in [0.25, 0.3) is 5.91 Å². The van der Waals surface area contributed by atoms with E-state index in [4.69, 9.17) is 4.42 Å². The van der Waals surface area contributed by atoms with Crippen molar-refractivity contribution in [2.24, 2.45) is 0 Å². The van der Waals surface area contributed by atoms with Crippen LogP contribution in [0.5, 0.6) is 0 Å². The fraction of sp³-hybridized carbons (Fsp3) is 0.312. The number of benzene rings is 1. The number of furan rings is 1. The Hall–Kier alpha value is -1.71. The van der Waals surface area contributed by atoms with Crippen molar-refractivity contribution in [1.29, 1.82) is 0 Å². The first-order valence-electron chi connectivity index (χ1n) is 7.68. The largest absolute Gasteiger partial charge is 0.444 e. The molecule has 0 N–H and O–H groups in total. The van der Waals surface area contributed by atoms with Gasteiger partial charge in [-0.15, -0.1) is 0 Å². The monoisotopic (exact) mass is 430 g/mol. The number of hydrogen-bond acceptors (Lipinski definition) is 4. The number of amides is 1. The zero-order valence-corrected chi connectivity index (χ0v) is 15.6. The lowest BCUT2D eigenvalue weighted by atomic mass is 10.3. The van der Waals surface area contributed by atoms with Crippen LogP contribution in [0.1, 0.15) is 17.0 Å². The third-order valence-electron chi connectivity index (χ3n) is 3.98. The number of hydrogen-bond donors (Lipinski definition) is 0. The molecular formula is C16H16BrFN2O4S. The highest BCUT2D eigenvalue weighted by Gasteiger charge is 2.29. The molecule has 1 saturated heterocycles. The first-order chi connectivity index (χ1) is 11.9. The second-order valence-corrected chi connectivity index (χ2v) is 8.33. The van der Waals surface area contributed by atoms with E-state index in [1.165, 1.54) is 16.4 Å². The van der Waals surface area contributed by atoms with Gasteiger partial charge in [-0.25, -0.2) is 12.8 Å². The van der Waals surface area contributed by atoms with Crippen molar-refractivity contribution < 1.29 is 22.0 Å². The van der Waals surface area contributed by atoms with Crippen LogP contribution in [0.3, 0.4) is 0 Å². The van der Waals surface area contributed by atoms with E-state index in [1.54, 1.807) is 17.0 Å². The van der Waals surface area contributed by atoms with Crippen molar-refractivity contribution >= 4 is 31.9 Å². The second kappa shape index (κ2) is 7.27. The van der Waals surface area contributed by atoms with Crippen LogP contribution in [-0.2, 0) is 10.0 Å². The average Bonchev–Trinajstić information content (AvgIpc) is 2.86. The highest BCUT2D eigenvalue weighted by molar-refractivity contribution is 9.10. The number of sulfonamides is 1. The maximum Gasteiger partial charge on any atom is 0.289 e. The maximum atomic E-state index is 13.0. The van der Waals surface area contributed by atoms with Gasteiger partial charge >= 0.3 is 0 Å². The van der Waals surface area contributed by atoms with Gasteiger partial charge in [-0.05, 0) is 58.7 Å². The lowest BCUT2D eigenvalue weighted by Crippen LogP contribution is -2.37. The summed E-state index contributed by atoms with van der Waals surface area (Å²) in [4.78, 5) is 14.1. The van der Waals surface area contributed by atoms with Crippen molar-refractivity contribution in [3.63, 3.8) is 0 Å². The van der Waals surface area contributed by atoms with Gasteiger partial charge in [0.1, 0.15) is 5.82 Å². The van der Waals surface area contributed by atoms with Crippen LogP contribution in [0.25, 0.3) is 0 Å². The molecule has 6 nitrogen and oxygen atoms in total. The summed E-state index contributed by atoms with van der Waals surface area (Å²) in [6.07, 6.45) is 0.508. The zero-order valence-electron chi connectivity index (χ0n) is 13.2. The van der Waals surface area contributed by atoms with E-state index >= 15 is 0 Å². The van der Waals surface area contributed by atoms with Crippen LogP contribution in [-0.4, -0.2) is 49.7 Å². The minimum absolute atomic E-state index is 0.0450. The molecular weight excluding hydrogens is 415 g/mol. The lowest BCUT2D eigenvalue weighted by molar-refractivity contribution is 0.0731. The van der Waals surface area contributed by atoms with E-state index in [1.807, 2.05) is 0 Å². The number of carbonyl (C=O) groups excluding carboxylic acids is 1. The van der Waals surface area contributed by atoms with Gasteiger partial charge < -0.3 is 9.32 Å². The Morgan fingerprint density at radius 2 is 1.76 bits per heavy atom. The molecule has 25 heavy (non-hydrogen) atoms. The number of halogens is 2. The van der Waals surface area contributed by atoms with Crippen LogP contribution in [0.2, 0.25) is 0 Å². The molecule has 0 radical (unpaired) electrons. The van der Waals surface area contributed by atoms with Crippen molar-refractivity contribution in [1.82, 2.24) is 9.21 Å². The lowest BCUT2D eigenvalue weighted by Gasteiger charge is -2.21. The van der Waals surface area contributed by atoms with Gasteiger partial charge in [-0.3, -0.25) is 4.79 Å². The van der Waals surface area contributed by atoms with E-state index in [2.05, 4.69) is 15.9 Å². The molecule has 1 aliphatic rings. The van der Waals surface area contributed by atoms with Crippen molar-refractivity contribution in [2.45, 2.75) is 11.3 Å². The second-order valence-electron chi connectivity index (χ2n) is 5.61. The van der Waals surface area contributed by atoms with E-state index in [0.717, 1.165) is 12.1 Å². The quantitative estimate of drug-likeness (QED) is 0.750. The Labute approximate surface area is 153 Å². The summed E-state index contributed by atoms with van der Waals surface area (Å²) in [7, 11) is -3.71. The van der Waals surface area contributed by atoms with Crippen LogP contribution < -0.4 is 0 Å². The molecule has 0 saturated carbocycles. The highest BCUT2D eigenvalue weighted by atomic mass is 79.9. The third-order valence-corrected chi connectivity index (χ3v) is 6.32. The Bertz CT molecular complexity index is 867. The molecule has 3 rings (SSSR count). The predicted octanol–water partition coefficient (Wildman–Crippen LogP) is 2.72. The van der Waals surface area contributed by atoms with Gasteiger partial charge in [0.05, 0.1) is 4.90 Å². The fourth-order valence-corrected chi connectivity index (χ4v) is 4.45. The molecule has 134 valence electrons. The van der Waals surface area contributed by atoms with Crippen molar-refractivity contribution in [3.8, 4) is 0 Å². The molecule has 2 heterocycles. The molecule has 1 aromatic heterocycles. The molecule has 1 aliphatic heterocycles. The molecule has 0 aliphatic carbocycles. The van der Waals surface area contributed by atoms with Crippen LogP contribution in [0.4, 0.5) is 4.39 Å². The molecule has 9 heteroatoms. The molecule has 0 unspecified atom stereocenters. The smallest absolute Gasteiger partial charge is 0.289 e. The summed E-state index contributed by atoms with van der Waals surface area (Å²) in [6.45, 7) is 1.17. The minimum atomic E-state index is -3.71. The van der Waals surface area contributed by atoms with Crippen LogP contribution >= 0.6 is 15.9 Å². The average molecular weight is 431 g/mol. The third kappa shape index (κ3) is 3.94. The highest BCUT2D eigenvalue weighted by Crippen LogP contribution is 2.20. The Kier molecular flexibility index (Phi) is 5.26. The van der Waals surface area contributed by atoms with Gasteiger partial charge in [-0.1, -0.05) is 0 Å². The number of carbonyl (C=O) groups is 1. The fourth-order valence-electron chi connectivity index (χ4n) is 2.68. The standard InChI is InChI=1S/C16H16BrFN2O4S/c17-15-7-6-14(24-15)16(21)19-8-1-9-20(11-10-19)25(22,23)13-4-2-12(18)3-5-13/h2-7H,1,8-11H2. The molecule has 0 atom stereocenters. The van der Waals surface area contributed by atoms with Gasteiger partial charge in [0, 0.05) is 26.2 Å². The Morgan fingerprint density at radius 1 is 1.04 bits per heavy atom. The molecule has 1 fully saturated rings. The van der Waals surface area contributed by atoms with Crippen LogP contribution in [0.15, 0.2) is 50.4 Å². The zero-order chi connectivity index (χ0) is 18.0. The molecule has 1 aromatic carbocycles. The summed E-state index contributed by atoms with van der Waals surface area (Å²) in [5.41, 5.74) is 0. The van der Waals surface area contributed by atoms with Gasteiger partial charge in [0.2, 0.25) is 10.0 Å². The minimum Gasteiger partial charge on any atom is -0.444 e. The van der Waals surface area contributed by atoms with Crippen LogP contribution in [0, 0.1) is 5.82 Å². The topological polar surface area (TPSA) is 70.8 Å². The molecule has 2 aromatic rings. The van der Waals surface area contributed by atoms with Gasteiger partial charge in [-0.2, -0.15) is 4.31 Å². The van der Waals surface area contributed by atoms with Crippen molar-refractivity contribution in [3.05, 3.63) is 52.6 Å². The summed E-state index contributed by atoms with van der Waals surface area (Å²) in [5.74, 6) is -0.551. The first kappa shape index (κ1) is 18.1. The van der Waals surface area contributed by atoms with E-state index in [9.17, 15) is 17.6 Å². The SMILES string of the molecule is O=C(c1ccc(Br)o1)N1CCCN(S(=O)(=O)c2ccc(F)cc2)CC1. The summed E-state index contributed by atoms with van der Waals surface area (Å²) >= 11 is 3.15. The van der Waals surface area contributed by atoms with Gasteiger partial charge in [0.15, 0.2) is 10.4 Å². The summed E-state index contributed by atoms with van der Waals surface area (Å²) in [5, 5.41) is 0. The van der Waals surface area contributed by atoms with E-state index < -0.39 is 15.8 Å². The number of rotatable bonds is 3. The Morgan fingerprint density at radius 3 is 2.40 bits per heavy atom. The summed E-state index contributed by atoms with van der Waals surface area (Å²) < 4.78 is 45.4. The van der Waals surface area contributed by atoms with Crippen molar-refractivity contribution in [2.75, 3.05) is 26.2 Å².